The summed E-state index contributed by atoms with van der Waals surface area (Å²) in [6.07, 6.45) is 3.45. The van der Waals surface area contributed by atoms with Crippen LogP contribution in [0.2, 0.25) is 0 Å². The lowest BCUT2D eigenvalue weighted by Gasteiger charge is -2.06. The topological polar surface area (TPSA) is 205 Å². The number of H-pyrrole nitrogens is 2. The number of carbonyl (C=O) groups excluding carboxylic acids is 2. The maximum atomic E-state index is 12.5. The van der Waals surface area contributed by atoms with E-state index in [2.05, 4.69) is 20.3 Å². The summed E-state index contributed by atoms with van der Waals surface area (Å²) in [5.41, 5.74) is 6.73. The van der Waals surface area contributed by atoms with Crippen LogP contribution >= 0.6 is 0 Å². The van der Waals surface area contributed by atoms with Crippen molar-refractivity contribution in [3.63, 3.8) is 0 Å². The van der Waals surface area contributed by atoms with Crippen LogP contribution < -0.4 is 16.0 Å². The van der Waals surface area contributed by atoms with Crippen LogP contribution in [0.15, 0.2) is 33.0 Å². The number of allylic oxidation sites excluding steroid dienone is 2. The Morgan fingerprint density at radius 1 is 0.800 bits per heavy atom. The first kappa shape index (κ1) is 33.1. The fourth-order valence-electron chi connectivity index (χ4n) is 5.87. The van der Waals surface area contributed by atoms with Crippen molar-refractivity contribution >= 4 is 47.7 Å². The van der Waals surface area contributed by atoms with E-state index in [1.807, 2.05) is 19.9 Å². The van der Waals surface area contributed by atoms with Gasteiger partial charge in [0.25, 0.3) is 11.8 Å². The Kier molecular flexibility index (Phi) is 9.59. The van der Waals surface area contributed by atoms with Gasteiger partial charge in [0.2, 0.25) is 0 Å². The summed E-state index contributed by atoms with van der Waals surface area (Å²) in [6, 6.07) is 0. The molecule has 0 radical (unpaired) electrons. The lowest BCUT2D eigenvalue weighted by atomic mass is 10.0. The molecule has 0 aliphatic carbocycles. The van der Waals surface area contributed by atoms with E-state index in [4.69, 9.17) is 0 Å². The van der Waals surface area contributed by atoms with Crippen molar-refractivity contribution in [2.45, 2.75) is 79.4 Å². The molecule has 0 saturated carbocycles. The van der Waals surface area contributed by atoms with Crippen LogP contribution in [0.3, 0.4) is 0 Å². The highest BCUT2D eigenvalue weighted by Crippen LogP contribution is 2.30. The van der Waals surface area contributed by atoms with E-state index >= 15 is 0 Å². The molecule has 0 fully saturated rings. The standard InChI is InChI=1S/C33H38N4O8/c1-14-20(7-9-28(40)41)25(13-26-21(8-10-29(42)43)15(2)32(44)37-26)34-22(14)11-23-16(3)30(18(5)38)27(35-23)12-24-17(4)31(19(6)39)33(45)36-24/h11-13,18-19,34-35,38-39H,7-10H2,1-6H3,(H,37,44)(H,40,41)(H,42,43). The van der Waals surface area contributed by atoms with Crippen molar-refractivity contribution in [1.82, 2.24) is 15.3 Å². The smallest absolute Gasteiger partial charge is 0.303 e. The molecule has 2 aliphatic rings. The Labute approximate surface area is 259 Å². The van der Waals surface area contributed by atoms with Gasteiger partial charge in [-0.1, -0.05) is 0 Å². The number of carboxylic acids is 2. The number of carbonyl (C=O) groups is 4. The number of carboxylic acid groups (broad SMARTS) is 2. The van der Waals surface area contributed by atoms with E-state index in [0.29, 0.717) is 55.8 Å². The van der Waals surface area contributed by atoms with Crippen molar-refractivity contribution in [1.29, 1.82) is 0 Å². The Balaban J connectivity index is 1.87. The third kappa shape index (κ3) is 6.81. The van der Waals surface area contributed by atoms with Gasteiger partial charge in [-0.05, 0) is 100 Å². The highest BCUT2D eigenvalue weighted by molar-refractivity contribution is 6.31. The second-order valence-corrected chi connectivity index (χ2v) is 11.4. The lowest BCUT2D eigenvalue weighted by Crippen LogP contribution is -2.16. The average molecular weight is 619 g/mol. The number of aliphatic imine (C=N–C) groups is 1. The van der Waals surface area contributed by atoms with Crippen LogP contribution in [-0.2, 0) is 25.6 Å². The second kappa shape index (κ2) is 13.0. The van der Waals surface area contributed by atoms with Crippen LogP contribution in [0.4, 0.5) is 0 Å². The number of nitrogens with zero attached hydrogens (tertiary/aromatic N) is 1. The van der Waals surface area contributed by atoms with E-state index in [9.17, 15) is 39.6 Å². The number of aliphatic carboxylic acids is 2. The first-order chi connectivity index (χ1) is 21.1. The molecule has 238 valence electrons. The zero-order valence-corrected chi connectivity index (χ0v) is 26.1. The molecule has 12 heteroatoms. The fourth-order valence-corrected chi connectivity index (χ4v) is 5.87. The van der Waals surface area contributed by atoms with Crippen LogP contribution in [0, 0.1) is 13.8 Å². The molecule has 0 bridgehead atoms. The number of aromatic amines is 2. The van der Waals surface area contributed by atoms with Gasteiger partial charge in [-0.2, -0.15) is 0 Å². The average Bonchev–Trinajstić information content (AvgIpc) is 3.59. The zero-order valence-electron chi connectivity index (χ0n) is 26.1. The predicted molar refractivity (Wildman–Crippen MR) is 167 cm³/mol. The molecule has 2 amide bonds. The van der Waals surface area contributed by atoms with Crippen LogP contribution in [0.5, 0.6) is 0 Å². The molecule has 2 unspecified atom stereocenters. The molecule has 2 aromatic heterocycles. The molecule has 4 rings (SSSR count). The number of aliphatic hydroxyl groups is 2. The van der Waals surface area contributed by atoms with E-state index in [1.54, 1.807) is 32.9 Å². The van der Waals surface area contributed by atoms with Gasteiger partial charge in [0.1, 0.15) is 0 Å². The summed E-state index contributed by atoms with van der Waals surface area (Å²) in [4.78, 5) is 58.3. The Morgan fingerprint density at radius 3 is 2.02 bits per heavy atom. The number of hydrogen-bond donors (Lipinski definition) is 7. The van der Waals surface area contributed by atoms with E-state index in [0.717, 1.165) is 16.7 Å². The van der Waals surface area contributed by atoms with Crippen LogP contribution in [0.1, 0.15) is 86.7 Å². The molecule has 2 aliphatic heterocycles. The van der Waals surface area contributed by atoms with Crippen molar-refractivity contribution < 1.29 is 39.6 Å². The van der Waals surface area contributed by atoms with Gasteiger partial charge in [-0.15, -0.1) is 0 Å². The summed E-state index contributed by atoms with van der Waals surface area (Å²) in [7, 11) is 0. The molecular formula is C33H38N4O8. The van der Waals surface area contributed by atoms with E-state index < -0.39 is 30.1 Å². The number of aliphatic hydroxyl groups excluding tert-OH is 2. The van der Waals surface area contributed by atoms with E-state index in [1.165, 1.54) is 6.92 Å². The second-order valence-electron chi connectivity index (χ2n) is 11.4. The molecule has 12 nitrogen and oxygen atoms in total. The molecule has 7 N–H and O–H groups in total. The van der Waals surface area contributed by atoms with Gasteiger partial charge in [-0.25, -0.2) is 4.99 Å². The molecule has 2 atom stereocenters. The van der Waals surface area contributed by atoms with E-state index in [-0.39, 0.29) is 37.2 Å². The SMILES string of the molecule is CC1=C(CCC(=O)O)C(=Cc2[nH]c(C=c3[nH]c(=CC4=NC(=O)C(C(C)O)=C4C)c(C(C)O)c3C)c(C)c2CCC(=O)O)NC1=O. The summed E-state index contributed by atoms with van der Waals surface area (Å²) < 4.78 is 0. The van der Waals surface area contributed by atoms with Gasteiger partial charge < -0.3 is 35.7 Å². The Morgan fingerprint density at radius 2 is 1.44 bits per heavy atom. The predicted octanol–water partition coefficient (Wildman–Crippen LogP) is 1.97. The number of hydrogen-bond acceptors (Lipinski definition) is 6. The Bertz CT molecular complexity index is 1860. The first-order valence-corrected chi connectivity index (χ1v) is 14.6. The van der Waals surface area contributed by atoms with Gasteiger partial charge in [0.15, 0.2) is 0 Å². The molecule has 45 heavy (non-hydrogen) atoms. The lowest BCUT2D eigenvalue weighted by molar-refractivity contribution is -0.138. The van der Waals surface area contributed by atoms with Crippen LogP contribution in [0.25, 0.3) is 18.2 Å². The normalized spacial score (nSPS) is 18.4. The third-order valence-electron chi connectivity index (χ3n) is 8.30. The molecule has 2 aromatic rings. The monoisotopic (exact) mass is 618 g/mol. The van der Waals surface area contributed by atoms with Crippen molar-refractivity contribution in [2.75, 3.05) is 0 Å². The summed E-state index contributed by atoms with van der Waals surface area (Å²) in [6.45, 7) is 10.2. The maximum absolute atomic E-state index is 12.5. The first-order valence-electron chi connectivity index (χ1n) is 14.6. The molecule has 4 heterocycles. The highest BCUT2D eigenvalue weighted by Gasteiger charge is 2.27. The number of nitrogens with one attached hydrogen (secondary N) is 3. The largest absolute Gasteiger partial charge is 0.481 e. The van der Waals surface area contributed by atoms with Gasteiger partial charge >= 0.3 is 11.9 Å². The fraction of sp³-hybridized carbons (Fsp3) is 0.364. The highest BCUT2D eigenvalue weighted by atomic mass is 16.4. The quantitative estimate of drug-likeness (QED) is 0.198. The van der Waals surface area contributed by atoms with Crippen LogP contribution in [-0.4, -0.2) is 66.0 Å². The molecule has 0 spiro atoms. The maximum Gasteiger partial charge on any atom is 0.303 e. The number of amides is 2. The minimum absolute atomic E-state index is 0.129. The minimum atomic E-state index is -0.987. The minimum Gasteiger partial charge on any atom is -0.481 e. The summed E-state index contributed by atoms with van der Waals surface area (Å²) in [5, 5.41) is 43.3. The van der Waals surface area contributed by atoms with Crippen molar-refractivity contribution in [3.05, 3.63) is 72.3 Å². The zero-order chi connectivity index (χ0) is 33.3. The third-order valence-corrected chi connectivity index (χ3v) is 8.30. The Hall–Kier alpha value is -4.81. The number of rotatable bonds is 11. The summed E-state index contributed by atoms with van der Waals surface area (Å²) >= 11 is 0. The molecular weight excluding hydrogens is 580 g/mol. The van der Waals surface area contributed by atoms with Crippen molar-refractivity contribution in [3.8, 4) is 0 Å². The molecule has 0 aromatic carbocycles. The van der Waals surface area contributed by atoms with Gasteiger partial charge in [0, 0.05) is 51.8 Å². The molecule has 0 saturated heterocycles. The van der Waals surface area contributed by atoms with Crippen molar-refractivity contribution in [2.24, 2.45) is 4.99 Å². The summed E-state index contributed by atoms with van der Waals surface area (Å²) in [5.74, 6) is -2.78. The van der Waals surface area contributed by atoms with Gasteiger partial charge in [-0.3, -0.25) is 19.2 Å². The van der Waals surface area contributed by atoms with Gasteiger partial charge in [0.05, 0.1) is 23.5 Å². The number of aromatic nitrogens is 2.